The Labute approximate surface area is 114 Å². The van der Waals surface area contributed by atoms with Crippen LogP contribution in [0.5, 0.6) is 0 Å². The summed E-state index contributed by atoms with van der Waals surface area (Å²) in [6, 6.07) is 15.0. The van der Waals surface area contributed by atoms with Gasteiger partial charge in [-0.2, -0.15) is 0 Å². The molecule has 1 fully saturated rings. The summed E-state index contributed by atoms with van der Waals surface area (Å²) in [5.74, 6) is 0. The third-order valence-corrected chi connectivity index (χ3v) is 3.61. The molecule has 0 aliphatic carbocycles. The molecule has 0 atom stereocenters. The van der Waals surface area contributed by atoms with Crippen molar-refractivity contribution >= 4 is 16.5 Å². The van der Waals surface area contributed by atoms with Gasteiger partial charge < -0.3 is 10.1 Å². The monoisotopic (exact) mass is 256 g/mol. The van der Waals surface area contributed by atoms with Crippen LogP contribution in [0, 0.1) is 0 Å². The Kier molecular flexibility index (Phi) is 3.96. The largest absolute Gasteiger partial charge is 0.384 e. The molecule has 1 aliphatic rings. The molecule has 2 aromatic rings. The second kappa shape index (κ2) is 6.04. The molecule has 0 aromatic heterocycles. The number of morpholine rings is 1. The summed E-state index contributed by atoms with van der Waals surface area (Å²) < 4.78 is 5.35. The third-order valence-electron chi connectivity index (χ3n) is 3.61. The lowest BCUT2D eigenvalue weighted by atomic mass is 10.1. The molecule has 2 aromatic carbocycles. The summed E-state index contributed by atoms with van der Waals surface area (Å²) in [6.45, 7) is 5.92. The van der Waals surface area contributed by atoms with E-state index in [-0.39, 0.29) is 0 Å². The minimum absolute atomic E-state index is 0.871. The lowest BCUT2D eigenvalue weighted by Crippen LogP contribution is -2.38. The van der Waals surface area contributed by atoms with E-state index in [9.17, 15) is 0 Å². The minimum atomic E-state index is 0.871. The number of rotatable bonds is 4. The quantitative estimate of drug-likeness (QED) is 0.910. The van der Waals surface area contributed by atoms with Gasteiger partial charge in [-0.25, -0.2) is 0 Å². The zero-order valence-electron chi connectivity index (χ0n) is 11.1. The van der Waals surface area contributed by atoms with Crippen molar-refractivity contribution in [3.63, 3.8) is 0 Å². The summed E-state index contributed by atoms with van der Waals surface area (Å²) in [4.78, 5) is 2.44. The van der Waals surface area contributed by atoms with Gasteiger partial charge in [-0.3, -0.25) is 4.90 Å². The number of ether oxygens (including phenoxy) is 1. The Bertz CT molecular complexity index is 535. The van der Waals surface area contributed by atoms with Gasteiger partial charge in [-0.1, -0.05) is 30.3 Å². The van der Waals surface area contributed by atoms with Crippen LogP contribution in [0.15, 0.2) is 42.5 Å². The van der Waals surface area contributed by atoms with Crippen LogP contribution in [0.25, 0.3) is 10.8 Å². The highest BCUT2D eigenvalue weighted by Gasteiger charge is 2.08. The summed E-state index contributed by atoms with van der Waals surface area (Å²) in [5, 5.41) is 6.09. The van der Waals surface area contributed by atoms with Crippen molar-refractivity contribution in [2.45, 2.75) is 0 Å². The lowest BCUT2D eigenvalue weighted by molar-refractivity contribution is 0.0398. The van der Waals surface area contributed by atoms with Gasteiger partial charge in [0, 0.05) is 31.9 Å². The van der Waals surface area contributed by atoms with Crippen molar-refractivity contribution in [3.8, 4) is 0 Å². The number of nitrogens with zero attached hydrogens (tertiary/aromatic N) is 1. The maximum atomic E-state index is 5.35. The highest BCUT2D eigenvalue weighted by atomic mass is 16.5. The van der Waals surface area contributed by atoms with E-state index in [2.05, 4.69) is 52.7 Å². The molecule has 19 heavy (non-hydrogen) atoms. The number of hydrogen-bond donors (Lipinski definition) is 1. The molecule has 0 radical (unpaired) electrons. The molecular formula is C16H20N2O. The Balaban J connectivity index is 1.56. The molecule has 0 bridgehead atoms. The van der Waals surface area contributed by atoms with Crippen LogP contribution >= 0.6 is 0 Å². The van der Waals surface area contributed by atoms with Crippen LogP contribution in [0.3, 0.4) is 0 Å². The second-order valence-electron chi connectivity index (χ2n) is 4.94. The predicted molar refractivity (Wildman–Crippen MR) is 79.7 cm³/mol. The normalized spacial score (nSPS) is 16.6. The van der Waals surface area contributed by atoms with Crippen LogP contribution < -0.4 is 5.32 Å². The van der Waals surface area contributed by atoms with Crippen molar-refractivity contribution in [1.82, 2.24) is 4.90 Å². The van der Waals surface area contributed by atoms with E-state index in [4.69, 9.17) is 4.74 Å². The average molecular weight is 256 g/mol. The zero-order valence-corrected chi connectivity index (χ0v) is 11.1. The van der Waals surface area contributed by atoms with E-state index in [1.165, 1.54) is 16.5 Å². The first kappa shape index (κ1) is 12.5. The van der Waals surface area contributed by atoms with Crippen molar-refractivity contribution in [1.29, 1.82) is 0 Å². The minimum Gasteiger partial charge on any atom is -0.384 e. The van der Waals surface area contributed by atoms with Gasteiger partial charge in [0.2, 0.25) is 0 Å². The van der Waals surface area contributed by atoms with E-state index < -0.39 is 0 Å². The first-order valence-electron chi connectivity index (χ1n) is 6.94. The number of benzene rings is 2. The highest BCUT2D eigenvalue weighted by Crippen LogP contribution is 2.18. The van der Waals surface area contributed by atoms with Crippen molar-refractivity contribution in [2.75, 3.05) is 44.7 Å². The molecule has 0 spiro atoms. The molecule has 1 aliphatic heterocycles. The third kappa shape index (κ3) is 3.25. The Morgan fingerprint density at radius 3 is 2.63 bits per heavy atom. The standard InChI is InChI=1S/C16H20N2O/c1-2-4-15-13-16(6-5-14(15)3-1)17-7-8-18-9-11-19-12-10-18/h1-6,13,17H,7-12H2. The fourth-order valence-electron chi connectivity index (χ4n) is 2.48. The van der Waals surface area contributed by atoms with Crippen molar-refractivity contribution < 1.29 is 4.74 Å². The second-order valence-corrected chi connectivity index (χ2v) is 4.94. The first-order chi connectivity index (χ1) is 9.42. The fourth-order valence-corrected chi connectivity index (χ4v) is 2.48. The first-order valence-corrected chi connectivity index (χ1v) is 6.94. The molecule has 1 N–H and O–H groups in total. The molecule has 3 nitrogen and oxygen atoms in total. The fraction of sp³-hybridized carbons (Fsp3) is 0.375. The number of hydrogen-bond acceptors (Lipinski definition) is 3. The van der Waals surface area contributed by atoms with Gasteiger partial charge in [-0.05, 0) is 22.9 Å². The number of nitrogens with one attached hydrogen (secondary N) is 1. The van der Waals surface area contributed by atoms with Gasteiger partial charge in [0.15, 0.2) is 0 Å². The average Bonchev–Trinajstić information content (AvgIpc) is 2.48. The van der Waals surface area contributed by atoms with Gasteiger partial charge in [0.1, 0.15) is 0 Å². The molecular weight excluding hydrogens is 236 g/mol. The molecule has 1 saturated heterocycles. The van der Waals surface area contributed by atoms with Crippen LogP contribution in [0.4, 0.5) is 5.69 Å². The van der Waals surface area contributed by atoms with Crippen LogP contribution in [-0.4, -0.2) is 44.3 Å². The van der Waals surface area contributed by atoms with E-state index >= 15 is 0 Å². The maximum absolute atomic E-state index is 5.35. The summed E-state index contributed by atoms with van der Waals surface area (Å²) in [7, 11) is 0. The molecule has 0 saturated carbocycles. The molecule has 3 heteroatoms. The van der Waals surface area contributed by atoms with E-state index in [1.54, 1.807) is 0 Å². The molecule has 0 amide bonds. The zero-order chi connectivity index (χ0) is 12.9. The lowest BCUT2D eigenvalue weighted by Gasteiger charge is -2.26. The Hall–Kier alpha value is -1.58. The molecule has 3 rings (SSSR count). The predicted octanol–water partition coefficient (Wildman–Crippen LogP) is 2.58. The van der Waals surface area contributed by atoms with Gasteiger partial charge in [-0.15, -0.1) is 0 Å². The topological polar surface area (TPSA) is 24.5 Å². The highest BCUT2D eigenvalue weighted by molar-refractivity contribution is 5.85. The molecule has 100 valence electrons. The van der Waals surface area contributed by atoms with Gasteiger partial charge in [0.25, 0.3) is 0 Å². The van der Waals surface area contributed by atoms with E-state index in [1.807, 2.05) is 0 Å². The molecule has 1 heterocycles. The summed E-state index contributed by atoms with van der Waals surface area (Å²) in [6.07, 6.45) is 0. The Morgan fingerprint density at radius 1 is 1.00 bits per heavy atom. The summed E-state index contributed by atoms with van der Waals surface area (Å²) in [5.41, 5.74) is 1.20. The number of anilines is 1. The van der Waals surface area contributed by atoms with Crippen LogP contribution in [0.1, 0.15) is 0 Å². The van der Waals surface area contributed by atoms with Crippen LogP contribution in [0.2, 0.25) is 0 Å². The smallest absolute Gasteiger partial charge is 0.0594 e. The van der Waals surface area contributed by atoms with Crippen molar-refractivity contribution in [3.05, 3.63) is 42.5 Å². The van der Waals surface area contributed by atoms with Gasteiger partial charge in [0.05, 0.1) is 13.2 Å². The Morgan fingerprint density at radius 2 is 1.79 bits per heavy atom. The van der Waals surface area contributed by atoms with Crippen molar-refractivity contribution in [2.24, 2.45) is 0 Å². The van der Waals surface area contributed by atoms with E-state index in [0.717, 1.165) is 39.4 Å². The van der Waals surface area contributed by atoms with E-state index in [0.29, 0.717) is 0 Å². The maximum Gasteiger partial charge on any atom is 0.0594 e. The molecule has 0 unspecified atom stereocenters. The number of fused-ring (bicyclic) bond motifs is 1. The van der Waals surface area contributed by atoms with Crippen LogP contribution in [-0.2, 0) is 4.74 Å². The summed E-state index contributed by atoms with van der Waals surface area (Å²) >= 11 is 0. The van der Waals surface area contributed by atoms with Gasteiger partial charge >= 0.3 is 0 Å². The SMILES string of the molecule is c1ccc2cc(NCCN3CCOCC3)ccc2c1.